The first-order valence-electron chi connectivity index (χ1n) is 4.95. The Hall–Kier alpha value is -0.530. The maximum absolute atomic E-state index is 11.5. The van der Waals surface area contributed by atoms with Gasteiger partial charge < -0.3 is 5.32 Å². The van der Waals surface area contributed by atoms with Gasteiger partial charge in [0.1, 0.15) is 0 Å². The van der Waals surface area contributed by atoms with E-state index < -0.39 is 0 Å². The Morgan fingerprint density at radius 2 is 1.67 bits per heavy atom. The SMILES string of the molecule is CCC(C)NC(=O)C(CC)CC. The maximum Gasteiger partial charge on any atom is 0.223 e. The first kappa shape index (κ1) is 11.5. The highest BCUT2D eigenvalue weighted by molar-refractivity contribution is 5.78. The number of carbonyl (C=O) groups is 1. The van der Waals surface area contributed by atoms with Gasteiger partial charge in [0.05, 0.1) is 0 Å². The van der Waals surface area contributed by atoms with Crippen molar-refractivity contribution >= 4 is 5.91 Å². The third-order valence-corrected chi connectivity index (χ3v) is 2.36. The lowest BCUT2D eigenvalue weighted by Crippen LogP contribution is -2.36. The van der Waals surface area contributed by atoms with E-state index in [1.54, 1.807) is 0 Å². The first-order chi connectivity index (χ1) is 5.65. The van der Waals surface area contributed by atoms with Crippen LogP contribution in [0.5, 0.6) is 0 Å². The monoisotopic (exact) mass is 171 g/mol. The molecule has 0 fully saturated rings. The Labute approximate surface area is 75.7 Å². The zero-order chi connectivity index (χ0) is 9.56. The third kappa shape index (κ3) is 3.74. The van der Waals surface area contributed by atoms with Crippen molar-refractivity contribution in [2.75, 3.05) is 0 Å². The summed E-state index contributed by atoms with van der Waals surface area (Å²) in [6.07, 6.45) is 2.89. The van der Waals surface area contributed by atoms with Crippen LogP contribution in [0.2, 0.25) is 0 Å². The number of rotatable bonds is 5. The molecule has 0 saturated heterocycles. The van der Waals surface area contributed by atoms with Crippen LogP contribution in [0.1, 0.15) is 47.0 Å². The van der Waals surface area contributed by atoms with Gasteiger partial charge in [-0.05, 0) is 26.2 Å². The molecule has 0 radical (unpaired) electrons. The summed E-state index contributed by atoms with van der Waals surface area (Å²) >= 11 is 0. The van der Waals surface area contributed by atoms with Crippen molar-refractivity contribution in [2.45, 2.75) is 53.0 Å². The van der Waals surface area contributed by atoms with Crippen molar-refractivity contribution in [3.05, 3.63) is 0 Å². The fourth-order valence-corrected chi connectivity index (χ4v) is 1.12. The predicted octanol–water partition coefficient (Wildman–Crippen LogP) is 2.34. The molecule has 0 aromatic carbocycles. The van der Waals surface area contributed by atoms with Crippen LogP contribution in [0.3, 0.4) is 0 Å². The van der Waals surface area contributed by atoms with Gasteiger partial charge in [-0.15, -0.1) is 0 Å². The molecule has 12 heavy (non-hydrogen) atoms. The molecule has 2 heteroatoms. The molecule has 0 aliphatic heterocycles. The van der Waals surface area contributed by atoms with E-state index in [4.69, 9.17) is 0 Å². The zero-order valence-electron chi connectivity index (χ0n) is 8.68. The van der Waals surface area contributed by atoms with Gasteiger partial charge in [-0.2, -0.15) is 0 Å². The van der Waals surface area contributed by atoms with Crippen molar-refractivity contribution in [1.29, 1.82) is 0 Å². The minimum absolute atomic E-state index is 0.207. The molecule has 0 aromatic rings. The lowest BCUT2D eigenvalue weighted by molar-refractivity contribution is -0.125. The quantitative estimate of drug-likeness (QED) is 0.676. The van der Waals surface area contributed by atoms with Gasteiger partial charge >= 0.3 is 0 Å². The lowest BCUT2D eigenvalue weighted by atomic mass is 10.0. The second-order valence-corrected chi connectivity index (χ2v) is 3.33. The van der Waals surface area contributed by atoms with E-state index in [2.05, 4.69) is 26.1 Å². The summed E-state index contributed by atoms with van der Waals surface area (Å²) in [5.41, 5.74) is 0. The second-order valence-electron chi connectivity index (χ2n) is 3.33. The van der Waals surface area contributed by atoms with Crippen LogP contribution in [0.15, 0.2) is 0 Å². The van der Waals surface area contributed by atoms with E-state index in [1.165, 1.54) is 0 Å². The molecule has 0 spiro atoms. The predicted molar refractivity (Wildman–Crippen MR) is 52.0 cm³/mol. The summed E-state index contributed by atoms with van der Waals surface area (Å²) in [6, 6.07) is 0.318. The Morgan fingerprint density at radius 1 is 1.17 bits per heavy atom. The molecule has 0 aliphatic carbocycles. The molecule has 0 heterocycles. The molecule has 0 rings (SSSR count). The number of hydrogen-bond acceptors (Lipinski definition) is 1. The third-order valence-electron chi connectivity index (χ3n) is 2.36. The minimum Gasteiger partial charge on any atom is -0.353 e. The van der Waals surface area contributed by atoms with Crippen LogP contribution in [0.4, 0.5) is 0 Å². The molecule has 1 atom stereocenters. The summed E-state index contributed by atoms with van der Waals surface area (Å²) in [6.45, 7) is 8.24. The largest absolute Gasteiger partial charge is 0.353 e. The van der Waals surface area contributed by atoms with Gasteiger partial charge in [0.2, 0.25) is 5.91 Å². The van der Waals surface area contributed by atoms with Gasteiger partial charge in [0.15, 0.2) is 0 Å². The molecule has 0 aliphatic rings. The van der Waals surface area contributed by atoms with E-state index in [-0.39, 0.29) is 11.8 Å². The average Bonchev–Trinajstić information content (AvgIpc) is 2.06. The summed E-state index contributed by atoms with van der Waals surface area (Å²) < 4.78 is 0. The molecule has 1 N–H and O–H groups in total. The van der Waals surface area contributed by atoms with Crippen molar-refractivity contribution in [3.8, 4) is 0 Å². The molecule has 1 unspecified atom stereocenters. The number of nitrogens with one attached hydrogen (secondary N) is 1. The Balaban J connectivity index is 3.84. The van der Waals surface area contributed by atoms with Crippen LogP contribution in [0.25, 0.3) is 0 Å². The molecule has 72 valence electrons. The number of carbonyl (C=O) groups excluding carboxylic acids is 1. The topological polar surface area (TPSA) is 29.1 Å². The molecule has 0 saturated carbocycles. The average molecular weight is 171 g/mol. The lowest BCUT2D eigenvalue weighted by Gasteiger charge is -2.16. The van der Waals surface area contributed by atoms with E-state index in [0.29, 0.717) is 6.04 Å². The molecular formula is C10H21NO. The second kappa shape index (κ2) is 6.04. The van der Waals surface area contributed by atoms with Gasteiger partial charge in [-0.1, -0.05) is 20.8 Å². The van der Waals surface area contributed by atoms with E-state index >= 15 is 0 Å². The normalized spacial score (nSPS) is 13.1. The van der Waals surface area contributed by atoms with Crippen LogP contribution in [-0.2, 0) is 4.79 Å². The van der Waals surface area contributed by atoms with Gasteiger partial charge in [0, 0.05) is 12.0 Å². The van der Waals surface area contributed by atoms with Crippen LogP contribution < -0.4 is 5.32 Å². The van der Waals surface area contributed by atoms with E-state index in [9.17, 15) is 4.79 Å². The van der Waals surface area contributed by atoms with E-state index in [0.717, 1.165) is 19.3 Å². The van der Waals surface area contributed by atoms with Crippen molar-refractivity contribution in [2.24, 2.45) is 5.92 Å². The van der Waals surface area contributed by atoms with Crippen molar-refractivity contribution < 1.29 is 4.79 Å². The number of hydrogen-bond donors (Lipinski definition) is 1. The van der Waals surface area contributed by atoms with Gasteiger partial charge in [-0.3, -0.25) is 4.79 Å². The highest BCUT2D eigenvalue weighted by atomic mass is 16.1. The van der Waals surface area contributed by atoms with Gasteiger partial charge in [-0.25, -0.2) is 0 Å². The number of amides is 1. The molecular weight excluding hydrogens is 150 g/mol. The Morgan fingerprint density at radius 3 is 2.00 bits per heavy atom. The maximum atomic E-state index is 11.5. The summed E-state index contributed by atoms with van der Waals surface area (Å²) in [7, 11) is 0. The first-order valence-corrected chi connectivity index (χ1v) is 4.95. The van der Waals surface area contributed by atoms with Crippen LogP contribution in [0, 0.1) is 5.92 Å². The Bertz CT molecular complexity index is 130. The summed E-state index contributed by atoms with van der Waals surface area (Å²) in [4.78, 5) is 11.5. The summed E-state index contributed by atoms with van der Waals surface area (Å²) in [5.74, 6) is 0.424. The van der Waals surface area contributed by atoms with E-state index in [1.807, 2.05) is 6.92 Å². The summed E-state index contributed by atoms with van der Waals surface area (Å²) in [5, 5.41) is 2.99. The van der Waals surface area contributed by atoms with Crippen LogP contribution >= 0.6 is 0 Å². The van der Waals surface area contributed by atoms with Gasteiger partial charge in [0.25, 0.3) is 0 Å². The molecule has 2 nitrogen and oxygen atoms in total. The fraction of sp³-hybridized carbons (Fsp3) is 0.900. The van der Waals surface area contributed by atoms with Crippen LogP contribution in [-0.4, -0.2) is 11.9 Å². The van der Waals surface area contributed by atoms with Crippen molar-refractivity contribution in [3.63, 3.8) is 0 Å². The molecule has 0 aromatic heterocycles. The minimum atomic E-state index is 0.207. The Kier molecular flexibility index (Phi) is 5.77. The molecule has 0 bridgehead atoms. The standard InChI is InChI=1S/C10H21NO/c1-5-8(4)11-10(12)9(6-2)7-3/h8-9H,5-7H2,1-4H3,(H,11,12). The smallest absolute Gasteiger partial charge is 0.223 e. The fourth-order valence-electron chi connectivity index (χ4n) is 1.12. The van der Waals surface area contributed by atoms with Crippen molar-refractivity contribution in [1.82, 2.24) is 5.32 Å². The zero-order valence-corrected chi connectivity index (χ0v) is 8.68. The highest BCUT2D eigenvalue weighted by Gasteiger charge is 2.14. The highest BCUT2D eigenvalue weighted by Crippen LogP contribution is 2.07. The molecule has 1 amide bonds.